The number of aliphatic hydroxyl groups excluding tert-OH is 2. The molecule has 1 atom stereocenters. The molecular formula is C13H18O5. The quantitative estimate of drug-likeness (QED) is 0.520. The predicted octanol–water partition coefficient (Wildman–Crippen LogP) is 0.986. The molecule has 0 spiro atoms. The SMILES string of the molecule is C=CC(=O)O.OCCOCC(O)c1ccccc1. The minimum absolute atomic E-state index is 0.0124. The van der Waals surface area contributed by atoms with Crippen LogP contribution in [0.25, 0.3) is 0 Å². The van der Waals surface area contributed by atoms with Gasteiger partial charge in [-0.25, -0.2) is 4.79 Å². The molecule has 0 aliphatic heterocycles. The van der Waals surface area contributed by atoms with Gasteiger partial charge in [-0.05, 0) is 5.56 Å². The fourth-order valence-corrected chi connectivity index (χ4v) is 1.03. The van der Waals surface area contributed by atoms with Crippen LogP contribution in [0.5, 0.6) is 0 Å². The molecular weight excluding hydrogens is 236 g/mol. The summed E-state index contributed by atoms with van der Waals surface area (Å²) in [6.07, 6.45) is 0.229. The van der Waals surface area contributed by atoms with Crippen molar-refractivity contribution < 1.29 is 24.9 Å². The van der Waals surface area contributed by atoms with Crippen molar-refractivity contribution in [3.8, 4) is 0 Å². The van der Waals surface area contributed by atoms with Gasteiger partial charge in [0.15, 0.2) is 0 Å². The number of rotatable bonds is 6. The van der Waals surface area contributed by atoms with Crippen molar-refractivity contribution in [1.29, 1.82) is 0 Å². The van der Waals surface area contributed by atoms with Gasteiger partial charge in [0, 0.05) is 6.08 Å². The first-order valence-electron chi connectivity index (χ1n) is 5.38. The molecule has 0 aliphatic rings. The average Bonchev–Trinajstić information content (AvgIpc) is 2.40. The first kappa shape index (κ1) is 16.3. The van der Waals surface area contributed by atoms with E-state index in [4.69, 9.17) is 14.9 Å². The van der Waals surface area contributed by atoms with Crippen LogP contribution in [-0.4, -0.2) is 41.1 Å². The lowest BCUT2D eigenvalue weighted by molar-refractivity contribution is -0.131. The number of ether oxygens (including phenoxy) is 1. The third-order valence-electron chi connectivity index (χ3n) is 1.87. The van der Waals surface area contributed by atoms with E-state index >= 15 is 0 Å². The van der Waals surface area contributed by atoms with E-state index in [1.165, 1.54) is 0 Å². The van der Waals surface area contributed by atoms with Crippen molar-refractivity contribution >= 4 is 5.97 Å². The predicted molar refractivity (Wildman–Crippen MR) is 67.1 cm³/mol. The highest BCUT2D eigenvalue weighted by atomic mass is 16.5. The summed E-state index contributed by atoms with van der Waals surface area (Å²) in [6, 6.07) is 9.31. The summed E-state index contributed by atoms with van der Waals surface area (Å²) in [4.78, 5) is 9.25. The number of benzene rings is 1. The molecule has 0 saturated carbocycles. The molecule has 1 aromatic carbocycles. The average molecular weight is 254 g/mol. The molecule has 1 rings (SSSR count). The van der Waals surface area contributed by atoms with E-state index in [1.54, 1.807) is 0 Å². The van der Waals surface area contributed by atoms with Crippen molar-refractivity contribution in [3.05, 3.63) is 48.6 Å². The summed E-state index contributed by atoms with van der Waals surface area (Å²) >= 11 is 0. The van der Waals surface area contributed by atoms with Gasteiger partial charge in [-0.2, -0.15) is 0 Å². The van der Waals surface area contributed by atoms with E-state index in [2.05, 4.69) is 6.58 Å². The highest BCUT2D eigenvalue weighted by Gasteiger charge is 2.05. The Hall–Kier alpha value is -1.69. The largest absolute Gasteiger partial charge is 0.478 e. The Morgan fingerprint density at radius 1 is 1.39 bits per heavy atom. The number of aliphatic hydroxyl groups is 2. The topological polar surface area (TPSA) is 87.0 Å². The molecule has 0 aliphatic carbocycles. The Kier molecular flexibility index (Phi) is 9.48. The molecule has 3 N–H and O–H groups in total. The van der Waals surface area contributed by atoms with Crippen LogP contribution in [0.1, 0.15) is 11.7 Å². The van der Waals surface area contributed by atoms with Crippen LogP contribution in [0, 0.1) is 0 Å². The lowest BCUT2D eigenvalue weighted by Crippen LogP contribution is -2.09. The van der Waals surface area contributed by atoms with Crippen molar-refractivity contribution in [1.82, 2.24) is 0 Å². The fraction of sp³-hybridized carbons (Fsp3) is 0.308. The lowest BCUT2D eigenvalue weighted by Gasteiger charge is -2.10. The Labute approximate surface area is 106 Å². The van der Waals surface area contributed by atoms with Crippen molar-refractivity contribution in [3.63, 3.8) is 0 Å². The molecule has 0 heterocycles. The Morgan fingerprint density at radius 2 is 1.94 bits per heavy atom. The van der Waals surface area contributed by atoms with Crippen LogP contribution in [-0.2, 0) is 9.53 Å². The van der Waals surface area contributed by atoms with Crippen LogP contribution in [0.2, 0.25) is 0 Å². The Morgan fingerprint density at radius 3 is 2.39 bits per heavy atom. The highest BCUT2D eigenvalue weighted by molar-refractivity contribution is 5.78. The van der Waals surface area contributed by atoms with E-state index in [1.807, 2.05) is 30.3 Å². The molecule has 18 heavy (non-hydrogen) atoms. The number of aliphatic carboxylic acids is 1. The number of carboxylic acids is 1. The fourth-order valence-electron chi connectivity index (χ4n) is 1.03. The first-order chi connectivity index (χ1) is 8.61. The van der Waals surface area contributed by atoms with Crippen molar-refractivity contribution in [2.24, 2.45) is 0 Å². The zero-order valence-electron chi connectivity index (χ0n) is 10.0. The maximum absolute atomic E-state index is 9.54. The van der Waals surface area contributed by atoms with Gasteiger partial charge in [0.25, 0.3) is 0 Å². The van der Waals surface area contributed by atoms with E-state index in [9.17, 15) is 9.90 Å². The number of carbonyl (C=O) groups is 1. The summed E-state index contributed by atoms with van der Waals surface area (Å²) in [5.41, 5.74) is 0.834. The van der Waals surface area contributed by atoms with Gasteiger partial charge in [-0.15, -0.1) is 0 Å². The minimum atomic E-state index is -0.981. The summed E-state index contributed by atoms with van der Waals surface area (Å²) in [5, 5.41) is 25.6. The maximum Gasteiger partial charge on any atom is 0.327 e. The molecule has 0 amide bonds. The smallest absolute Gasteiger partial charge is 0.327 e. The monoisotopic (exact) mass is 254 g/mol. The van der Waals surface area contributed by atoms with Gasteiger partial charge < -0.3 is 20.1 Å². The Balaban J connectivity index is 0.000000494. The van der Waals surface area contributed by atoms with Gasteiger partial charge in [-0.1, -0.05) is 36.9 Å². The molecule has 0 fully saturated rings. The molecule has 0 aromatic heterocycles. The van der Waals surface area contributed by atoms with Crippen LogP contribution in [0.3, 0.4) is 0 Å². The van der Waals surface area contributed by atoms with Crippen LogP contribution < -0.4 is 0 Å². The second kappa shape index (κ2) is 10.5. The highest BCUT2D eigenvalue weighted by Crippen LogP contribution is 2.11. The zero-order chi connectivity index (χ0) is 13.8. The van der Waals surface area contributed by atoms with Gasteiger partial charge in [0.2, 0.25) is 0 Å². The van der Waals surface area contributed by atoms with Gasteiger partial charge >= 0.3 is 5.97 Å². The van der Waals surface area contributed by atoms with Crippen molar-refractivity contribution in [2.45, 2.75) is 6.10 Å². The second-order valence-electron chi connectivity index (χ2n) is 3.27. The Bertz CT molecular complexity index is 336. The lowest BCUT2D eigenvalue weighted by atomic mass is 10.1. The number of hydrogen-bond donors (Lipinski definition) is 3. The zero-order valence-corrected chi connectivity index (χ0v) is 10.0. The second-order valence-corrected chi connectivity index (χ2v) is 3.27. The molecule has 5 heteroatoms. The van der Waals surface area contributed by atoms with E-state index in [-0.39, 0.29) is 19.8 Å². The molecule has 0 radical (unpaired) electrons. The van der Waals surface area contributed by atoms with E-state index in [0.717, 1.165) is 11.6 Å². The third kappa shape index (κ3) is 8.46. The molecule has 100 valence electrons. The summed E-state index contributed by atoms with van der Waals surface area (Å²) in [7, 11) is 0. The van der Waals surface area contributed by atoms with Crippen LogP contribution >= 0.6 is 0 Å². The maximum atomic E-state index is 9.54. The van der Waals surface area contributed by atoms with Crippen LogP contribution in [0.15, 0.2) is 43.0 Å². The normalized spacial score (nSPS) is 11.0. The van der Waals surface area contributed by atoms with E-state index < -0.39 is 12.1 Å². The minimum Gasteiger partial charge on any atom is -0.478 e. The molecule has 0 bridgehead atoms. The van der Waals surface area contributed by atoms with Gasteiger partial charge in [0.1, 0.15) is 6.10 Å². The summed E-state index contributed by atoms with van der Waals surface area (Å²) in [6.45, 7) is 3.44. The van der Waals surface area contributed by atoms with Gasteiger partial charge in [0.05, 0.1) is 19.8 Å². The molecule has 1 unspecified atom stereocenters. The van der Waals surface area contributed by atoms with Gasteiger partial charge in [-0.3, -0.25) is 0 Å². The van der Waals surface area contributed by atoms with Crippen molar-refractivity contribution in [2.75, 3.05) is 19.8 Å². The van der Waals surface area contributed by atoms with Crippen LogP contribution in [0.4, 0.5) is 0 Å². The summed E-state index contributed by atoms with van der Waals surface area (Å²) < 4.78 is 5.00. The van der Waals surface area contributed by atoms with E-state index in [0.29, 0.717) is 0 Å². The molecule has 0 saturated heterocycles. The number of carboxylic acid groups (broad SMARTS) is 1. The summed E-state index contributed by atoms with van der Waals surface area (Å²) in [5.74, 6) is -0.981. The first-order valence-corrected chi connectivity index (χ1v) is 5.38. The number of hydrogen-bond acceptors (Lipinski definition) is 4. The molecule has 1 aromatic rings. The molecule has 5 nitrogen and oxygen atoms in total. The third-order valence-corrected chi connectivity index (χ3v) is 1.87. The standard InChI is InChI=1S/C10H14O3.C3H4O2/c11-6-7-13-8-10(12)9-4-2-1-3-5-9;1-2-3(4)5/h1-5,10-12H,6-8H2;2H,1H2,(H,4,5).